The number of sulfonamides is 1. The van der Waals surface area contributed by atoms with Gasteiger partial charge in [-0.15, -0.1) is 0 Å². The van der Waals surface area contributed by atoms with Gasteiger partial charge in [-0.3, -0.25) is 9.69 Å². The molecular formula is C26H28FN3O3S. The van der Waals surface area contributed by atoms with Crippen molar-refractivity contribution < 1.29 is 17.6 Å². The van der Waals surface area contributed by atoms with Crippen LogP contribution in [0.2, 0.25) is 0 Å². The Labute approximate surface area is 200 Å². The Morgan fingerprint density at radius 1 is 0.882 bits per heavy atom. The molecule has 1 fully saturated rings. The summed E-state index contributed by atoms with van der Waals surface area (Å²) in [5.74, 6) is -0.643. The molecule has 6 nitrogen and oxygen atoms in total. The number of nitrogens with one attached hydrogen (secondary N) is 1. The average molecular weight is 482 g/mol. The molecule has 0 aromatic heterocycles. The minimum Gasteiger partial charge on any atom is -0.324 e. The summed E-state index contributed by atoms with van der Waals surface area (Å²) in [7, 11) is -3.73. The molecule has 1 saturated heterocycles. The van der Waals surface area contributed by atoms with Gasteiger partial charge in [0.15, 0.2) is 0 Å². The first-order chi connectivity index (χ1) is 16.2. The summed E-state index contributed by atoms with van der Waals surface area (Å²) in [6.07, 6.45) is 0. The molecule has 1 N–H and O–H groups in total. The fourth-order valence-corrected chi connectivity index (χ4v) is 5.80. The zero-order valence-electron chi connectivity index (χ0n) is 19.2. The van der Waals surface area contributed by atoms with Crippen LogP contribution in [0.1, 0.15) is 22.7 Å². The molecule has 0 radical (unpaired) electrons. The van der Waals surface area contributed by atoms with Crippen LogP contribution in [0.25, 0.3) is 0 Å². The third-order valence-corrected chi connectivity index (χ3v) is 7.86. The minimum atomic E-state index is -3.73. The summed E-state index contributed by atoms with van der Waals surface area (Å²) in [4.78, 5) is 15.5. The van der Waals surface area contributed by atoms with Gasteiger partial charge in [-0.05, 0) is 66.9 Å². The van der Waals surface area contributed by atoms with Crippen LogP contribution >= 0.6 is 0 Å². The van der Waals surface area contributed by atoms with E-state index in [0.29, 0.717) is 13.1 Å². The van der Waals surface area contributed by atoms with E-state index in [0.717, 1.165) is 34.5 Å². The van der Waals surface area contributed by atoms with Crippen LogP contribution in [0.3, 0.4) is 0 Å². The highest BCUT2D eigenvalue weighted by Gasteiger charge is 2.34. The number of carbonyl (C=O) groups excluding carboxylic acids is 1. The van der Waals surface area contributed by atoms with E-state index in [4.69, 9.17) is 0 Å². The first-order valence-electron chi connectivity index (χ1n) is 11.2. The first kappa shape index (κ1) is 24.1. The maximum absolute atomic E-state index is 13.4. The van der Waals surface area contributed by atoms with Crippen molar-refractivity contribution in [2.45, 2.75) is 24.8 Å². The number of amides is 1. The summed E-state index contributed by atoms with van der Waals surface area (Å²) in [6, 6.07) is 19.7. The van der Waals surface area contributed by atoms with Crippen molar-refractivity contribution in [2.75, 3.05) is 31.5 Å². The summed E-state index contributed by atoms with van der Waals surface area (Å²) in [5.41, 5.74) is 3.71. The maximum atomic E-state index is 13.4. The fourth-order valence-electron chi connectivity index (χ4n) is 4.38. The Morgan fingerprint density at radius 3 is 2.06 bits per heavy atom. The molecule has 1 aliphatic heterocycles. The Bertz CT molecular complexity index is 1240. The zero-order chi connectivity index (χ0) is 24.3. The lowest BCUT2D eigenvalue weighted by molar-refractivity contribution is -0.122. The van der Waals surface area contributed by atoms with Gasteiger partial charge >= 0.3 is 0 Å². The molecule has 0 spiro atoms. The van der Waals surface area contributed by atoms with Gasteiger partial charge in [-0.25, -0.2) is 12.8 Å². The van der Waals surface area contributed by atoms with Gasteiger partial charge in [0.1, 0.15) is 11.9 Å². The highest BCUT2D eigenvalue weighted by atomic mass is 32.2. The Kier molecular flexibility index (Phi) is 7.11. The summed E-state index contributed by atoms with van der Waals surface area (Å²) >= 11 is 0. The van der Waals surface area contributed by atoms with Crippen molar-refractivity contribution in [3.63, 3.8) is 0 Å². The minimum absolute atomic E-state index is 0.0644. The molecule has 3 aromatic carbocycles. The van der Waals surface area contributed by atoms with Crippen molar-refractivity contribution in [3.8, 4) is 0 Å². The second-order valence-electron chi connectivity index (χ2n) is 8.57. The number of anilines is 1. The monoisotopic (exact) mass is 481 g/mol. The molecule has 0 aliphatic carbocycles. The Balaban J connectivity index is 1.53. The van der Waals surface area contributed by atoms with Crippen molar-refractivity contribution in [1.29, 1.82) is 0 Å². The average Bonchev–Trinajstić information content (AvgIpc) is 2.80. The third kappa shape index (κ3) is 5.35. The van der Waals surface area contributed by atoms with E-state index in [2.05, 4.69) is 5.32 Å². The Morgan fingerprint density at radius 2 is 1.47 bits per heavy atom. The van der Waals surface area contributed by atoms with Crippen LogP contribution in [-0.2, 0) is 14.8 Å². The predicted octanol–water partition coefficient (Wildman–Crippen LogP) is 4.13. The second-order valence-corrected chi connectivity index (χ2v) is 10.5. The number of nitrogens with zero attached hydrogens (tertiary/aromatic N) is 2. The molecule has 8 heteroatoms. The lowest BCUT2D eigenvalue weighted by Crippen LogP contribution is -2.51. The molecule has 0 saturated carbocycles. The lowest BCUT2D eigenvalue weighted by Gasteiger charge is -2.38. The number of hydrogen-bond donors (Lipinski definition) is 1. The number of piperazine rings is 1. The maximum Gasteiger partial charge on any atom is 0.246 e. The molecule has 1 aliphatic rings. The van der Waals surface area contributed by atoms with E-state index >= 15 is 0 Å². The van der Waals surface area contributed by atoms with E-state index in [9.17, 15) is 17.6 Å². The molecule has 1 atom stereocenters. The van der Waals surface area contributed by atoms with E-state index in [1.165, 1.54) is 16.4 Å². The number of hydrogen-bond acceptors (Lipinski definition) is 4. The SMILES string of the molecule is Cc1cc(C)cc(NC(=O)[C@@H](c2ccccc2)N2CCN(S(=O)(=O)c3ccc(F)cc3)CC2)c1. The summed E-state index contributed by atoms with van der Waals surface area (Å²) < 4.78 is 40.6. The van der Waals surface area contributed by atoms with Gasteiger partial charge in [0.2, 0.25) is 15.9 Å². The molecule has 34 heavy (non-hydrogen) atoms. The molecule has 4 rings (SSSR count). The number of benzene rings is 3. The molecule has 3 aromatic rings. The van der Waals surface area contributed by atoms with Gasteiger partial charge < -0.3 is 5.32 Å². The number of aryl methyl sites for hydroxylation is 2. The largest absolute Gasteiger partial charge is 0.324 e. The standard InChI is InChI=1S/C26H28FN3O3S/c1-19-16-20(2)18-23(17-19)28-26(31)25(21-6-4-3-5-7-21)29-12-14-30(15-13-29)34(32,33)24-10-8-22(27)9-11-24/h3-11,16-18,25H,12-15H2,1-2H3,(H,28,31)/t25-/m1/s1. The van der Waals surface area contributed by atoms with Gasteiger partial charge in [-0.1, -0.05) is 36.4 Å². The van der Waals surface area contributed by atoms with E-state index in [1.807, 2.05) is 67.3 Å². The van der Waals surface area contributed by atoms with Crippen molar-refractivity contribution >= 4 is 21.6 Å². The predicted molar refractivity (Wildman–Crippen MR) is 130 cm³/mol. The van der Waals surface area contributed by atoms with E-state index < -0.39 is 21.9 Å². The van der Waals surface area contributed by atoms with Crippen molar-refractivity contribution in [3.05, 3.63) is 95.3 Å². The second kappa shape index (κ2) is 10.0. The van der Waals surface area contributed by atoms with Gasteiger partial charge in [0.25, 0.3) is 0 Å². The molecular weight excluding hydrogens is 453 g/mol. The van der Waals surface area contributed by atoms with E-state index in [-0.39, 0.29) is 23.9 Å². The molecule has 1 heterocycles. The van der Waals surface area contributed by atoms with Gasteiger partial charge in [-0.2, -0.15) is 4.31 Å². The van der Waals surface area contributed by atoms with Crippen LogP contribution < -0.4 is 5.32 Å². The number of carbonyl (C=O) groups is 1. The normalized spacial score (nSPS) is 16.2. The van der Waals surface area contributed by atoms with Crippen LogP contribution in [0.4, 0.5) is 10.1 Å². The van der Waals surface area contributed by atoms with E-state index in [1.54, 1.807) is 0 Å². The molecule has 178 valence electrons. The zero-order valence-corrected chi connectivity index (χ0v) is 20.1. The van der Waals surface area contributed by atoms with Crippen molar-refractivity contribution in [1.82, 2.24) is 9.21 Å². The fraction of sp³-hybridized carbons (Fsp3) is 0.269. The number of halogens is 1. The number of rotatable bonds is 6. The summed E-state index contributed by atoms with van der Waals surface area (Å²) in [5, 5.41) is 3.04. The van der Waals surface area contributed by atoms with Crippen LogP contribution in [0.15, 0.2) is 77.7 Å². The topological polar surface area (TPSA) is 69.7 Å². The van der Waals surface area contributed by atoms with Crippen LogP contribution in [0, 0.1) is 19.7 Å². The van der Waals surface area contributed by atoms with Gasteiger partial charge in [0.05, 0.1) is 4.90 Å². The smallest absolute Gasteiger partial charge is 0.246 e. The Hall–Kier alpha value is -3.07. The highest BCUT2D eigenvalue weighted by Crippen LogP contribution is 2.27. The summed E-state index contributed by atoms with van der Waals surface area (Å²) in [6.45, 7) is 5.22. The van der Waals surface area contributed by atoms with Crippen LogP contribution in [0.5, 0.6) is 0 Å². The lowest BCUT2D eigenvalue weighted by atomic mass is 10.0. The van der Waals surface area contributed by atoms with Gasteiger partial charge in [0, 0.05) is 31.9 Å². The quantitative estimate of drug-likeness (QED) is 0.575. The first-order valence-corrected chi connectivity index (χ1v) is 12.6. The molecule has 0 bridgehead atoms. The molecule has 0 unspecified atom stereocenters. The highest BCUT2D eigenvalue weighted by molar-refractivity contribution is 7.89. The molecule has 1 amide bonds. The third-order valence-electron chi connectivity index (χ3n) is 5.94. The van der Waals surface area contributed by atoms with Crippen LogP contribution in [-0.4, -0.2) is 49.7 Å². The van der Waals surface area contributed by atoms with Crippen molar-refractivity contribution in [2.24, 2.45) is 0 Å².